The third kappa shape index (κ3) is 4.40. The summed E-state index contributed by atoms with van der Waals surface area (Å²) in [6, 6.07) is 1.70. The Balaban J connectivity index is 2.79. The van der Waals surface area contributed by atoms with Crippen LogP contribution in [0.2, 0.25) is 0 Å². The summed E-state index contributed by atoms with van der Waals surface area (Å²) in [4.78, 5) is 22.6. The number of halogens is 2. The van der Waals surface area contributed by atoms with E-state index in [9.17, 15) is 9.59 Å². The molecule has 17 heavy (non-hydrogen) atoms. The molecule has 0 aromatic carbocycles. The molecule has 2 N–H and O–H groups in total. The summed E-state index contributed by atoms with van der Waals surface area (Å²) >= 11 is 7.97. The van der Waals surface area contributed by atoms with Crippen molar-refractivity contribution in [2.75, 3.05) is 0 Å². The Kier molecular flexibility index (Phi) is 4.74. The van der Waals surface area contributed by atoms with Crippen molar-refractivity contribution in [2.45, 2.75) is 25.8 Å². The van der Waals surface area contributed by atoms with E-state index in [1.54, 1.807) is 19.9 Å². The Bertz CT molecular complexity index is 456. The van der Waals surface area contributed by atoms with Crippen molar-refractivity contribution in [3.63, 3.8) is 0 Å². The molecule has 0 aliphatic carbocycles. The van der Waals surface area contributed by atoms with Crippen LogP contribution >= 0.6 is 43.2 Å². The van der Waals surface area contributed by atoms with Crippen LogP contribution in [0.4, 0.5) is 0 Å². The Hall–Kier alpha value is -0.400. The van der Waals surface area contributed by atoms with Gasteiger partial charge in [0.25, 0.3) is 5.91 Å². The molecular weight excluding hydrogens is 374 g/mol. The van der Waals surface area contributed by atoms with E-state index in [1.807, 2.05) is 0 Å². The molecule has 4 nitrogen and oxygen atoms in total. The molecular formula is C10H11Br2NO3S. The van der Waals surface area contributed by atoms with Crippen LogP contribution < -0.4 is 5.32 Å². The third-order valence-electron chi connectivity index (χ3n) is 1.95. The molecule has 0 radical (unpaired) electrons. The van der Waals surface area contributed by atoms with Crippen molar-refractivity contribution in [3.05, 3.63) is 19.2 Å². The molecule has 0 atom stereocenters. The van der Waals surface area contributed by atoms with Gasteiger partial charge in [0.1, 0.15) is 0 Å². The number of carboxylic acid groups (broad SMARTS) is 1. The summed E-state index contributed by atoms with van der Waals surface area (Å²) in [6.45, 7) is 3.35. The van der Waals surface area contributed by atoms with E-state index in [0.29, 0.717) is 9.35 Å². The normalized spacial score (nSPS) is 11.3. The summed E-state index contributed by atoms with van der Waals surface area (Å²) in [7, 11) is 0. The zero-order valence-electron chi connectivity index (χ0n) is 9.21. The van der Waals surface area contributed by atoms with Gasteiger partial charge in [0, 0.05) is 5.54 Å². The monoisotopic (exact) mass is 383 g/mol. The number of nitrogens with one attached hydrogen (secondary N) is 1. The molecule has 94 valence electrons. The number of thiophene rings is 1. The van der Waals surface area contributed by atoms with Gasteiger partial charge in [-0.3, -0.25) is 9.59 Å². The minimum atomic E-state index is -0.944. The Labute approximate surface area is 120 Å². The van der Waals surface area contributed by atoms with Gasteiger partial charge in [0.05, 0.1) is 19.6 Å². The second-order valence-corrected chi connectivity index (χ2v) is 7.90. The quantitative estimate of drug-likeness (QED) is 0.837. The highest BCUT2D eigenvalue weighted by atomic mass is 79.9. The second kappa shape index (κ2) is 5.49. The average molecular weight is 385 g/mol. The molecule has 0 aliphatic heterocycles. The van der Waals surface area contributed by atoms with Crippen molar-refractivity contribution < 1.29 is 14.7 Å². The summed E-state index contributed by atoms with van der Waals surface area (Å²) in [5.41, 5.74) is -0.281. The minimum absolute atomic E-state index is 0.123. The largest absolute Gasteiger partial charge is 0.481 e. The molecule has 0 spiro atoms. The van der Waals surface area contributed by atoms with Crippen molar-refractivity contribution in [2.24, 2.45) is 0 Å². The van der Waals surface area contributed by atoms with Crippen LogP contribution in [-0.2, 0) is 4.79 Å². The molecule has 1 aromatic heterocycles. The Morgan fingerprint density at radius 1 is 1.47 bits per heavy atom. The Morgan fingerprint density at radius 2 is 2.06 bits per heavy atom. The highest BCUT2D eigenvalue weighted by Crippen LogP contribution is 2.32. The maximum Gasteiger partial charge on any atom is 0.305 e. The number of amides is 1. The van der Waals surface area contributed by atoms with Gasteiger partial charge in [-0.2, -0.15) is 0 Å². The van der Waals surface area contributed by atoms with E-state index >= 15 is 0 Å². The van der Waals surface area contributed by atoms with Crippen LogP contribution in [0.1, 0.15) is 30.6 Å². The van der Waals surface area contributed by atoms with Gasteiger partial charge >= 0.3 is 5.97 Å². The van der Waals surface area contributed by atoms with E-state index in [4.69, 9.17) is 5.11 Å². The lowest BCUT2D eigenvalue weighted by Crippen LogP contribution is -2.44. The fourth-order valence-electron chi connectivity index (χ4n) is 1.29. The van der Waals surface area contributed by atoms with Gasteiger partial charge in [0.15, 0.2) is 0 Å². The van der Waals surface area contributed by atoms with E-state index in [-0.39, 0.29) is 12.3 Å². The van der Waals surface area contributed by atoms with Crippen LogP contribution in [0.3, 0.4) is 0 Å². The van der Waals surface area contributed by atoms with Crippen molar-refractivity contribution >= 4 is 55.1 Å². The summed E-state index contributed by atoms with van der Waals surface area (Å²) in [6.07, 6.45) is -0.123. The lowest BCUT2D eigenvalue weighted by Gasteiger charge is -2.24. The molecule has 0 unspecified atom stereocenters. The van der Waals surface area contributed by atoms with Gasteiger partial charge < -0.3 is 10.4 Å². The molecule has 7 heteroatoms. The molecule has 0 aliphatic rings. The predicted octanol–water partition coefficient (Wildman–Crippen LogP) is 3.26. The standard InChI is InChI=1S/C10H11Br2NO3S/c1-10(2,4-7(14)15)13-9(16)5-3-6(11)17-8(5)12/h3H,4H2,1-2H3,(H,13,16)(H,14,15). The minimum Gasteiger partial charge on any atom is -0.481 e. The number of hydrogen-bond donors (Lipinski definition) is 2. The van der Waals surface area contributed by atoms with Gasteiger partial charge in [-0.05, 0) is 51.8 Å². The first-order chi connectivity index (χ1) is 7.71. The average Bonchev–Trinajstić information content (AvgIpc) is 2.41. The van der Waals surface area contributed by atoms with Crippen LogP contribution in [0.25, 0.3) is 0 Å². The third-order valence-corrected chi connectivity index (χ3v) is 4.29. The van der Waals surface area contributed by atoms with Crippen molar-refractivity contribution in [1.29, 1.82) is 0 Å². The lowest BCUT2D eigenvalue weighted by atomic mass is 10.0. The maximum atomic E-state index is 11.9. The number of carbonyl (C=O) groups is 2. The zero-order chi connectivity index (χ0) is 13.2. The van der Waals surface area contributed by atoms with Crippen molar-refractivity contribution in [1.82, 2.24) is 5.32 Å². The van der Waals surface area contributed by atoms with Gasteiger partial charge in [-0.1, -0.05) is 0 Å². The smallest absolute Gasteiger partial charge is 0.305 e. The first-order valence-corrected chi connectivity index (χ1v) is 7.11. The van der Waals surface area contributed by atoms with E-state index in [0.717, 1.165) is 3.79 Å². The number of rotatable bonds is 4. The summed E-state index contributed by atoms with van der Waals surface area (Å²) in [5.74, 6) is -1.23. The van der Waals surface area contributed by atoms with Crippen molar-refractivity contribution in [3.8, 4) is 0 Å². The topological polar surface area (TPSA) is 66.4 Å². The van der Waals surface area contributed by atoms with Crippen LogP contribution in [0.15, 0.2) is 13.6 Å². The molecule has 0 bridgehead atoms. The summed E-state index contributed by atoms with van der Waals surface area (Å²) < 4.78 is 1.55. The molecule has 0 saturated heterocycles. The van der Waals surface area contributed by atoms with Crippen LogP contribution in [0.5, 0.6) is 0 Å². The first-order valence-electron chi connectivity index (χ1n) is 4.70. The highest BCUT2D eigenvalue weighted by Gasteiger charge is 2.25. The van der Waals surface area contributed by atoms with Crippen LogP contribution in [-0.4, -0.2) is 22.5 Å². The number of aliphatic carboxylic acids is 1. The molecule has 0 saturated carbocycles. The Morgan fingerprint density at radius 3 is 2.47 bits per heavy atom. The molecule has 1 rings (SSSR count). The fraction of sp³-hybridized carbons (Fsp3) is 0.400. The van der Waals surface area contributed by atoms with E-state index in [1.165, 1.54) is 11.3 Å². The summed E-state index contributed by atoms with van der Waals surface area (Å²) in [5, 5.41) is 11.4. The zero-order valence-corrected chi connectivity index (χ0v) is 13.2. The van der Waals surface area contributed by atoms with E-state index in [2.05, 4.69) is 37.2 Å². The number of carboxylic acids is 1. The molecule has 1 aromatic rings. The lowest BCUT2D eigenvalue weighted by molar-refractivity contribution is -0.138. The predicted molar refractivity (Wildman–Crippen MR) is 73.5 cm³/mol. The first kappa shape index (κ1) is 14.7. The second-order valence-electron chi connectivity index (χ2n) is 4.15. The highest BCUT2D eigenvalue weighted by molar-refractivity contribution is 9.12. The molecule has 1 amide bonds. The SMILES string of the molecule is CC(C)(CC(=O)O)NC(=O)c1cc(Br)sc1Br. The van der Waals surface area contributed by atoms with Gasteiger partial charge in [-0.15, -0.1) is 11.3 Å². The molecule has 0 fully saturated rings. The number of carbonyl (C=O) groups excluding carboxylic acids is 1. The maximum absolute atomic E-state index is 11.9. The fourth-order valence-corrected chi connectivity index (χ4v) is 4.09. The van der Waals surface area contributed by atoms with Crippen LogP contribution in [0, 0.1) is 0 Å². The van der Waals surface area contributed by atoms with Gasteiger partial charge in [-0.25, -0.2) is 0 Å². The molecule has 1 heterocycles. The van der Waals surface area contributed by atoms with E-state index < -0.39 is 11.5 Å². The van der Waals surface area contributed by atoms with Gasteiger partial charge in [0.2, 0.25) is 0 Å². The number of hydrogen-bond acceptors (Lipinski definition) is 3.